The average Bonchev–Trinajstić information content (AvgIpc) is 1.93. The van der Waals surface area contributed by atoms with Gasteiger partial charge in [-0.3, -0.25) is 4.79 Å². The van der Waals surface area contributed by atoms with Crippen LogP contribution in [0, 0.1) is 5.92 Å². The third kappa shape index (κ3) is 3.41. The fraction of sp³-hybridized carbons (Fsp3) is 0.875. The Morgan fingerprint density at radius 2 is 2.00 bits per heavy atom. The van der Waals surface area contributed by atoms with Gasteiger partial charge in [-0.25, -0.2) is 0 Å². The summed E-state index contributed by atoms with van der Waals surface area (Å²) in [5.74, 6) is -0.492. The lowest BCUT2D eigenvalue weighted by Gasteiger charge is -2.26. The minimum atomic E-state index is -0.715. The second-order valence-corrected chi connectivity index (χ2v) is 3.31. The second-order valence-electron chi connectivity index (χ2n) is 3.31. The maximum absolute atomic E-state index is 10.4. The smallest absolute Gasteiger partial charge is 0.303 e. The molecule has 3 N–H and O–H groups in total. The number of halogens is 1. The molecule has 0 aliphatic heterocycles. The lowest BCUT2D eigenvalue weighted by molar-refractivity contribution is -0.138. The summed E-state index contributed by atoms with van der Waals surface area (Å²) >= 11 is 0. The molecule has 1 rings (SSSR count). The van der Waals surface area contributed by atoms with Crippen LogP contribution < -0.4 is 5.73 Å². The molecule has 0 aromatic rings. The topological polar surface area (TPSA) is 63.3 Å². The molecule has 0 bridgehead atoms. The Hall–Kier alpha value is -0.280. The highest BCUT2D eigenvalue weighted by molar-refractivity contribution is 5.85. The summed E-state index contributed by atoms with van der Waals surface area (Å²) < 4.78 is 0. The number of aliphatic carboxylic acids is 1. The first-order valence-corrected chi connectivity index (χ1v) is 4.17. The highest BCUT2D eigenvalue weighted by Crippen LogP contribution is 2.25. The monoisotopic (exact) mass is 193 g/mol. The Bertz CT molecular complexity index is 152. The maximum atomic E-state index is 10.4. The van der Waals surface area contributed by atoms with E-state index < -0.39 is 5.97 Å². The molecule has 1 saturated carbocycles. The van der Waals surface area contributed by atoms with Crippen molar-refractivity contribution in [3.8, 4) is 0 Å². The van der Waals surface area contributed by atoms with Crippen LogP contribution in [0.3, 0.4) is 0 Å². The zero-order chi connectivity index (χ0) is 8.27. The van der Waals surface area contributed by atoms with Crippen molar-refractivity contribution in [3.05, 3.63) is 0 Å². The van der Waals surface area contributed by atoms with Crippen LogP contribution in [0.5, 0.6) is 0 Å². The van der Waals surface area contributed by atoms with Crippen LogP contribution in [0.2, 0.25) is 0 Å². The number of carboxylic acids is 1. The van der Waals surface area contributed by atoms with E-state index in [0.717, 1.165) is 25.7 Å². The summed E-state index contributed by atoms with van der Waals surface area (Å²) in [5, 5.41) is 8.53. The molecule has 0 saturated heterocycles. The molecule has 3 nitrogen and oxygen atoms in total. The van der Waals surface area contributed by atoms with Crippen LogP contribution in [-0.2, 0) is 4.79 Å². The van der Waals surface area contributed by atoms with E-state index in [0.29, 0.717) is 0 Å². The number of carbonyl (C=O) groups is 1. The third-order valence-corrected chi connectivity index (χ3v) is 2.40. The lowest BCUT2D eigenvalue weighted by Crippen LogP contribution is -2.34. The molecule has 0 amide bonds. The van der Waals surface area contributed by atoms with E-state index in [-0.39, 0.29) is 30.8 Å². The summed E-state index contributed by atoms with van der Waals surface area (Å²) in [6, 6.07) is 0.125. The molecule has 4 heteroatoms. The maximum Gasteiger partial charge on any atom is 0.303 e. The van der Waals surface area contributed by atoms with Gasteiger partial charge >= 0.3 is 5.97 Å². The molecule has 12 heavy (non-hydrogen) atoms. The molecule has 2 unspecified atom stereocenters. The molecule has 72 valence electrons. The Kier molecular flexibility index (Phi) is 5.25. The van der Waals surface area contributed by atoms with Gasteiger partial charge in [0.2, 0.25) is 0 Å². The van der Waals surface area contributed by atoms with E-state index in [1.165, 1.54) is 0 Å². The molecule has 0 heterocycles. The highest BCUT2D eigenvalue weighted by Gasteiger charge is 2.23. The molecule has 2 atom stereocenters. The van der Waals surface area contributed by atoms with Gasteiger partial charge < -0.3 is 10.8 Å². The molecule has 0 radical (unpaired) electrons. The van der Waals surface area contributed by atoms with Gasteiger partial charge in [-0.05, 0) is 18.8 Å². The predicted molar refractivity (Wildman–Crippen MR) is 49.4 cm³/mol. The molecule has 0 aromatic heterocycles. The fourth-order valence-electron chi connectivity index (χ4n) is 1.71. The summed E-state index contributed by atoms with van der Waals surface area (Å²) in [5.41, 5.74) is 5.76. The highest BCUT2D eigenvalue weighted by atomic mass is 35.5. The summed E-state index contributed by atoms with van der Waals surface area (Å²) in [7, 11) is 0. The Labute approximate surface area is 78.7 Å². The van der Waals surface area contributed by atoms with E-state index in [9.17, 15) is 4.79 Å². The number of hydrogen-bond acceptors (Lipinski definition) is 2. The molecular formula is C8H16ClNO2. The van der Waals surface area contributed by atoms with Gasteiger partial charge in [0.05, 0.1) is 0 Å². The van der Waals surface area contributed by atoms with Gasteiger partial charge in [-0.15, -0.1) is 12.4 Å². The molecule has 1 aliphatic rings. The van der Waals surface area contributed by atoms with Crippen LogP contribution >= 0.6 is 12.4 Å². The van der Waals surface area contributed by atoms with Gasteiger partial charge in [0.15, 0.2) is 0 Å². The number of rotatable bonds is 2. The predicted octanol–water partition coefficient (Wildman–Crippen LogP) is 1.40. The SMILES string of the molecule is Cl.NC1CCCCC1CC(=O)O. The normalized spacial score (nSPS) is 29.1. The van der Waals surface area contributed by atoms with Crippen LogP contribution in [0.25, 0.3) is 0 Å². The van der Waals surface area contributed by atoms with E-state index in [2.05, 4.69) is 0 Å². The van der Waals surface area contributed by atoms with E-state index >= 15 is 0 Å². The molecule has 1 aliphatic carbocycles. The van der Waals surface area contributed by atoms with E-state index in [1.54, 1.807) is 0 Å². The number of nitrogens with two attached hydrogens (primary N) is 1. The van der Waals surface area contributed by atoms with Crippen molar-refractivity contribution < 1.29 is 9.90 Å². The summed E-state index contributed by atoms with van der Waals surface area (Å²) in [4.78, 5) is 10.4. The summed E-state index contributed by atoms with van der Waals surface area (Å²) in [6.07, 6.45) is 4.55. The van der Waals surface area contributed by atoms with Gasteiger partial charge in [0.25, 0.3) is 0 Å². The van der Waals surface area contributed by atoms with Crippen LogP contribution in [0.4, 0.5) is 0 Å². The quantitative estimate of drug-likeness (QED) is 0.697. The first-order valence-electron chi connectivity index (χ1n) is 4.17. The second kappa shape index (κ2) is 5.38. The van der Waals surface area contributed by atoms with Crippen molar-refractivity contribution in [2.75, 3.05) is 0 Å². The number of hydrogen-bond donors (Lipinski definition) is 2. The molecular weight excluding hydrogens is 178 g/mol. The third-order valence-electron chi connectivity index (χ3n) is 2.40. The largest absolute Gasteiger partial charge is 0.481 e. The van der Waals surface area contributed by atoms with Crippen LogP contribution in [0.1, 0.15) is 32.1 Å². The Morgan fingerprint density at radius 3 is 2.50 bits per heavy atom. The Balaban J connectivity index is 0.00000121. The molecule has 1 fully saturated rings. The van der Waals surface area contributed by atoms with Crippen LogP contribution in [0.15, 0.2) is 0 Å². The van der Waals surface area contributed by atoms with Crippen molar-refractivity contribution in [3.63, 3.8) is 0 Å². The molecule has 0 aromatic carbocycles. The van der Waals surface area contributed by atoms with Gasteiger partial charge in [-0.1, -0.05) is 12.8 Å². The zero-order valence-corrected chi connectivity index (χ0v) is 7.85. The van der Waals surface area contributed by atoms with Gasteiger partial charge in [-0.2, -0.15) is 0 Å². The molecule has 0 spiro atoms. The van der Waals surface area contributed by atoms with Gasteiger partial charge in [0, 0.05) is 12.5 Å². The zero-order valence-electron chi connectivity index (χ0n) is 7.03. The number of carboxylic acid groups (broad SMARTS) is 1. The lowest BCUT2D eigenvalue weighted by atomic mass is 9.83. The first kappa shape index (κ1) is 11.7. The van der Waals surface area contributed by atoms with Crippen LogP contribution in [-0.4, -0.2) is 17.1 Å². The standard InChI is InChI=1S/C8H15NO2.ClH/c9-7-4-2-1-3-6(7)5-8(10)11;/h6-7H,1-5,9H2,(H,10,11);1H. The van der Waals surface area contributed by atoms with Crippen molar-refractivity contribution in [1.29, 1.82) is 0 Å². The van der Waals surface area contributed by atoms with Gasteiger partial charge in [0.1, 0.15) is 0 Å². The van der Waals surface area contributed by atoms with E-state index in [4.69, 9.17) is 10.8 Å². The van der Waals surface area contributed by atoms with Crippen molar-refractivity contribution >= 4 is 18.4 Å². The van der Waals surface area contributed by atoms with Crippen molar-refractivity contribution in [2.24, 2.45) is 11.7 Å². The van der Waals surface area contributed by atoms with Crippen molar-refractivity contribution in [1.82, 2.24) is 0 Å². The first-order chi connectivity index (χ1) is 5.20. The fourth-order valence-corrected chi connectivity index (χ4v) is 1.71. The van der Waals surface area contributed by atoms with E-state index in [1.807, 2.05) is 0 Å². The minimum Gasteiger partial charge on any atom is -0.481 e. The summed E-state index contributed by atoms with van der Waals surface area (Å²) in [6.45, 7) is 0. The minimum absolute atomic E-state index is 0. The average molecular weight is 194 g/mol. The Morgan fingerprint density at radius 1 is 1.42 bits per heavy atom. The van der Waals surface area contributed by atoms with Crippen molar-refractivity contribution in [2.45, 2.75) is 38.1 Å².